The molecule has 0 radical (unpaired) electrons. The number of rotatable bonds is 3. The lowest BCUT2D eigenvalue weighted by molar-refractivity contribution is 0.923. The number of aryl methyl sites for hydroxylation is 1. The molecule has 1 aromatic heterocycles. The van der Waals surface area contributed by atoms with Crippen molar-refractivity contribution >= 4 is 23.7 Å². The van der Waals surface area contributed by atoms with E-state index >= 15 is 0 Å². The molecule has 0 aromatic carbocycles. The number of nitrogens with zero attached hydrogens (tertiary/aromatic N) is 3. The van der Waals surface area contributed by atoms with Crippen molar-refractivity contribution in [3.05, 3.63) is 5.82 Å². The SMILES string of the molecule is CSCCc1nc(N)nc(N)n1. The monoisotopic (exact) mass is 185 g/mol. The molecule has 12 heavy (non-hydrogen) atoms. The van der Waals surface area contributed by atoms with E-state index in [1.807, 2.05) is 6.26 Å². The highest BCUT2D eigenvalue weighted by molar-refractivity contribution is 7.98. The molecule has 0 aliphatic rings. The minimum absolute atomic E-state index is 0.193. The Morgan fingerprint density at radius 1 is 1.17 bits per heavy atom. The summed E-state index contributed by atoms with van der Waals surface area (Å²) in [5, 5.41) is 0. The Kier molecular flexibility index (Phi) is 3.09. The summed E-state index contributed by atoms with van der Waals surface area (Å²) in [7, 11) is 0. The number of hydrogen-bond donors (Lipinski definition) is 2. The van der Waals surface area contributed by atoms with E-state index in [1.165, 1.54) is 0 Å². The van der Waals surface area contributed by atoms with Gasteiger partial charge in [-0.15, -0.1) is 0 Å². The number of anilines is 2. The molecule has 0 saturated heterocycles. The minimum atomic E-state index is 0.193. The lowest BCUT2D eigenvalue weighted by Gasteiger charge is -1.99. The van der Waals surface area contributed by atoms with Gasteiger partial charge in [0.2, 0.25) is 11.9 Å². The quantitative estimate of drug-likeness (QED) is 0.685. The Labute approximate surface area is 75.0 Å². The van der Waals surface area contributed by atoms with E-state index in [4.69, 9.17) is 11.5 Å². The van der Waals surface area contributed by atoms with Crippen molar-refractivity contribution in [3.8, 4) is 0 Å². The van der Waals surface area contributed by atoms with Gasteiger partial charge < -0.3 is 11.5 Å². The maximum Gasteiger partial charge on any atom is 0.225 e. The molecule has 0 fully saturated rings. The van der Waals surface area contributed by atoms with Gasteiger partial charge in [-0.05, 0) is 6.26 Å². The highest BCUT2D eigenvalue weighted by Crippen LogP contribution is 2.02. The van der Waals surface area contributed by atoms with E-state index in [1.54, 1.807) is 11.8 Å². The first-order valence-electron chi connectivity index (χ1n) is 3.47. The molecule has 5 nitrogen and oxygen atoms in total. The maximum atomic E-state index is 5.38. The fourth-order valence-electron chi connectivity index (χ4n) is 0.762. The van der Waals surface area contributed by atoms with Crippen molar-refractivity contribution in [1.82, 2.24) is 15.0 Å². The number of hydrogen-bond acceptors (Lipinski definition) is 6. The average Bonchev–Trinajstić information content (AvgIpc) is 1.99. The van der Waals surface area contributed by atoms with Crippen LogP contribution in [-0.2, 0) is 6.42 Å². The predicted molar refractivity (Wildman–Crippen MR) is 50.7 cm³/mol. The smallest absolute Gasteiger partial charge is 0.225 e. The van der Waals surface area contributed by atoms with Gasteiger partial charge in [-0.2, -0.15) is 26.7 Å². The molecule has 1 aromatic rings. The lowest BCUT2D eigenvalue weighted by Crippen LogP contribution is -2.07. The van der Waals surface area contributed by atoms with Crippen LogP contribution < -0.4 is 11.5 Å². The van der Waals surface area contributed by atoms with Crippen LogP contribution in [0, 0.1) is 0 Å². The van der Waals surface area contributed by atoms with Crippen LogP contribution in [0.4, 0.5) is 11.9 Å². The Morgan fingerprint density at radius 2 is 1.75 bits per heavy atom. The van der Waals surface area contributed by atoms with E-state index in [-0.39, 0.29) is 11.9 Å². The van der Waals surface area contributed by atoms with E-state index < -0.39 is 0 Å². The summed E-state index contributed by atoms with van der Waals surface area (Å²) >= 11 is 1.73. The molecule has 0 aliphatic heterocycles. The normalized spacial score (nSPS) is 10.1. The second-order valence-corrected chi connectivity index (χ2v) is 3.20. The van der Waals surface area contributed by atoms with Crippen LogP contribution in [0.5, 0.6) is 0 Å². The fraction of sp³-hybridized carbons (Fsp3) is 0.500. The minimum Gasteiger partial charge on any atom is -0.368 e. The number of nitrogens with two attached hydrogens (primary N) is 2. The second-order valence-electron chi connectivity index (χ2n) is 2.21. The zero-order valence-corrected chi connectivity index (χ0v) is 7.64. The standard InChI is InChI=1S/C6H11N5S/c1-12-3-2-4-9-5(7)11-6(8)10-4/h2-3H2,1H3,(H4,7,8,9,10,11). The Morgan fingerprint density at radius 3 is 2.25 bits per heavy atom. The van der Waals surface area contributed by atoms with E-state index in [2.05, 4.69) is 15.0 Å². The van der Waals surface area contributed by atoms with E-state index in [9.17, 15) is 0 Å². The maximum absolute atomic E-state index is 5.38. The molecular formula is C6H11N5S. The van der Waals surface area contributed by atoms with Gasteiger partial charge in [0.1, 0.15) is 5.82 Å². The summed E-state index contributed by atoms with van der Waals surface area (Å²) in [4.78, 5) is 11.5. The van der Waals surface area contributed by atoms with Crippen LogP contribution in [0.15, 0.2) is 0 Å². The highest BCUT2D eigenvalue weighted by Gasteiger charge is 2.00. The van der Waals surface area contributed by atoms with Gasteiger partial charge in [0, 0.05) is 12.2 Å². The van der Waals surface area contributed by atoms with Crippen LogP contribution in [0.3, 0.4) is 0 Å². The van der Waals surface area contributed by atoms with Crippen molar-refractivity contribution in [2.45, 2.75) is 6.42 Å². The summed E-state index contributed by atoms with van der Waals surface area (Å²) < 4.78 is 0. The molecule has 0 unspecified atom stereocenters. The first kappa shape index (κ1) is 9.05. The third kappa shape index (κ3) is 2.54. The first-order valence-corrected chi connectivity index (χ1v) is 4.86. The summed E-state index contributed by atoms with van der Waals surface area (Å²) in [6.45, 7) is 0. The zero-order valence-electron chi connectivity index (χ0n) is 6.82. The third-order valence-electron chi connectivity index (χ3n) is 1.25. The molecule has 0 saturated carbocycles. The van der Waals surface area contributed by atoms with Gasteiger partial charge in [-0.3, -0.25) is 0 Å². The first-order chi connectivity index (χ1) is 5.72. The van der Waals surface area contributed by atoms with Gasteiger partial charge in [0.15, 0.2) is 0 Å². The Hall–Kier alpha value is -1.04. The molecular weight excluding hydrogens is 174 g/mol. The van der Waals surface area contributed by atoms with Crippen LogP contribution >= 0.6 is 11.8 Å². The van der Waals surface area contributed by atoms with Gasteiger partial charge in [-0.25, -0.2) is 0 Å². The van der Waals surface area contributed by atoms with Crippen molar-refractivity contribution < 1.29 is 0 Å². The summed E-state index contributed by atoms with van der Waals surface area (Å²) in [5.74, 6) is 2.01. The molecule has 1 rings (SSSR count). The summed E-state index contributed by atoms with van der Waals surface area (Å²) in [6.07, 6.45) is 2.80. The number of thioether (sulfide) groups is 1. The Bertz CT molecular complexity index is 244. The van der Waals surface area contributed by atoms with Gasteiger partial charge in [0.25, 0.3) is 0 Å². The average molecular weight is 185 g/mol. The van der Waals surface area contributed by atoms with Gasteiger partial charge in [-0.1, -0.05) is 0 Å². The molecule has 0 amide bonds. The van der Waals surface area contributed by atoms with Crippen molar-refractivity contribution in [3.63, 3.8) is 0 Å². The van der Waals surface area contributed by atoms with Crippen molar-refractivity contribution in [2.75, 3.05) is 23.5 Å². The van der Waals surface area contributed by atoms with Crippen molar-refractivity contribution in [2.24, 2.45) is 0 Å². The topological polar surface area (TPSA) is 90.7 Å². The largest absolute Gasteiger partial charge is 0.368 e. The Balaban J connectivity index is 2.72. The predicted octanol–water partition coefficient (Wildman–Crippen LogP) is -0.0585. The van der Waals surface area contributed by atoms with Crippen LogP contribution in [0.25, 0.3) is 0 Å². The highest BCUT2D eigenvalue weighted by atomic mass is 32.2. The van der Waals surface area contributed by atoms with Crippen molar-refractivity contribution in [1.29, 1.82) is 0 Å². The molecule has 6 heteroatoms. The molecule has 0 bridgehead atoms. The van der Waals surface area contributed by atoms with Gasteiger partial charge in [0.05, 0.1) is 0 Å². The molecule has 66 valence electrons. The summed E-state index contributed by atoms with van der Waals surface area (Å²) in [6, 6.07) is 0. The second kappa shape index (κ2) is 4.10. The van der Waals surface area contributed by atoms with Gasteiger partial charge >= 0.3 is 0 Å². The molecule has 0 aliphatic carbocycles. The summed E-state index contributed by atoms with van der Waals surface area (Å²) in [5.41, 5.74) is 10.8. The fourth-order valence-corrected chi connectivity index (χ4v) is 1.15. The third-order valence-corrected chi connectivity index (χ3v) is 1.86. The van der Waals surface area contributed by atoms with Crippen LogP contribution in [0.1, 0.15) is 5.82 Å². The molecule has 4 N–H and O–H groups in total. The number of nitrogen functional groups attached to an aromatic ring is 2. The van der Waals surface area contributed by atoms with E-state index in [0.717, 1.165) is 12.2 Å². The van der Waals surface area contributed by atoms with Crippen LogP contribution in [-0.4, -0.2) is 27.0 Å². The molecule has 1 heterocycles. The molecule has 0 spiro atoms. The zero-order chi connectivity index (χ0) is 8.97. The number of aromatic nitrogens is 3. The van der Waals surface area contributed by atoms with Crippen LogP contribution in [0.2, 0.25) is 0 Å². The lowest BCUT2D eigenvalue weighted by atomic mass is 10.4. The van der Waals surface area contributed by atoms with E-state index in [0.29, 0.717) is 5.82 Å². The molecule has 0 atom stereocenters.